The zero-order valence-corrected chi connectivity index (χ0v) is 11.9. The van der Waals surface area contributed by atoms with Gasteiger partial charge in [-0.1, -0.05) is 13.8 Å². The second kappa shape index (κ2) is 7.43. The second-order valence-corrected chi connectivity index (χ2v) is 5.42. The molecule has 2 aliphatic rings. The van der Waals surface area contributed by atoms with E-state index in [1.807, 2.05) is 0 Å². The molecular formula is C14H28N2O2. The van der Waals surface area contributed by atoms with E-state index < -0.39 is 0 Å². The van der Waals surface area contributed by atoms with Crippen LogP contribution >= 0.6 is 0 Å². The summed E-state index contributed by atoms with van der Waals surface area (Å²) in [5, 5.41) is 0. The molecule has 2 saturated heterocycles. The average molecular weight is 256 g/mol. The van der Waals surface area contributed by atoms with Gasteiger partial charge in [0.15, 0.2) is 6.29 Å². The molecule has 0 spiro atoms. The van der Waals surface area contributed by atoms with Crippen LogP contribution in [-0.4, -0.2) is 68.6 Å². The van der Waals surface area contributed by atoms with Crippen LogP contribution in [0.5, 0.6) is 0 Å². The Morgan fingerprint density at radius 1 is 1.17 bits per heavy atom. The first kappa shape index (κ1) is 14.3. The summed E-state index contributed by atoms with van der Waals surface area (Å²) in [6.45, 7) is 13.0. The summed E-state index contributed by atoms with van der Waals surface area (Å²) in [6, 6.07) is 0. The highest BCUT2D eigenvalue weighted by atomic mass is 16.7. The van der Waals surface area contributed by atoms with Crippen LogP contribution in [0.15, 0.2) is 0 Å². The molecule has 0 aromatic carbocycles. The molecule has 0 radical (unpaired) electrons. The van der Waals surface area contributed by atoms with E-state index in [1.165, 1.54) is 45.6 Å². The van der Waals surface area contributed by atoms with E-state index in [2.05, 4.69) is 23.6 Å². The van der Waals surface area contributed by atoms with Crippen LogP contribution < -0.4 is 0 Å². The normalized spacial score (nSPS) is 27.2. The fourth-order valence-electron chi connectivity index (χ4n) is 3.04. The lowest BCUT2D eigenvalue weighted by Crippen LogP contribution is -2.44. The minimum Gasteiger partial charge on any atom is -0.349 e. The van der Waals surface area contributed by atoms with Crippen LogP contribution in [0, 0.1) is 5.92 Å². The van der Waals surface area contributed by atoms with Crippen LogP contribution in [0.4, 0.5) is 0 Å². The highest BCUT2D eigenvalue weighted by molar-refractivity contribution is 4.76. The molecule has 18 heavy (non-hydrogen) atoms. The third-order valence-corrected chi connectivity index (χ3v) is 4.11. The van der Waals surface area contributed by atoms with E-state index in [0.717, 1.165) is 25.7 Å². The predicted octanol–water partition coefficient (Wildman–Crippen LogP) is 1.41. The van der Waals surface area contributed by atoms with Gasteiger partial charge in [-0.3, -0.25) is 4.90 Å². The minimum atomic E-state index is 0.0252. The van der Waals surface area contributed by atoms with Crippen molar-refractivity contribution in [2.45, 2.75) is 33.0 Å². The molecule has 0 bridgehead atoms. The molecule has 106 valence electrons. The maximum absolute atomic E-state index is 5.54. The van der Waals surface area contributed by atoms with Crippen LogP contribution in [0.1, 0.15) is 26.7 Å². The molecule has 0 amide bonds. The lowest BCUT2D eigenvalue weighted by atomic mass is 9.97. The van der Waals surface area contributed by atoms with Crippen molar-refractivity contribution in [2.75, 3.05) is 52.5 Å². The molecule has 0 aromatic rings. The van der Waals surface area contributed by atoms with Crippen molar-refractivity contribution in [1.82, 2.24) is 9.80 Å². The van der Waals surface area contributed by atoms with Gasteiger partial charge in [0.2, 0.25) is 0 Å². The Kier molecular flexibility index (Phi) is 5.89. The first-order valence-corrected chi connectivity index (χ1v) is 7.49. The number of piperidine rings is 1. The lowest BCUT2D eigenvalue weighted by molar-refractivity contribution is -0.0678. The average Bonchev–Trinajstić information content (AvgIpc) is 2.89. The smallest absolute Gasteiger partial charge is 0.170 e. The van der Waals surface area contributed by atoms with Crippen LogP contribution in [-0.2, 0) is 9.47 Å². The summed E-state index contributed by atoms with van der Waals surface area (Å²) >= 11 is 0. The molecule has 0 unspecified atom stereocenters. The van der Waals surface area contributed by atoms with Gasteiger partial charge in [0.05, 0.1) is 13.2 Å². The standard InChI is InChI=1S/C14H28N2O2/c1-3-15(4-2)10-13-6-5-7-16(11-13)12-14-17-8-9-18-14/h13-14H,3-12H2,1-2H3/t13-/m1/s1. The summed E-state index contributed by atoms with van der Waals surface area (Å²) in [5.74, 6) is 0.819. The van der Waals surface area contributed by atoms with Gasteiger partial charge < -0.3 is 14.4 Å². The number of rotatable bonds is 6. The zero-order chi connectivity index (χ0) is 12.8. The quantitative estimate of drug-likeness (QED) is 0.717. The van der Waals surface area contributed by atoms with E-state index in [1.54, 1.807) is 0 Å². The van der Waals surface area contributed by atoms with E-state index in [4.69, 9.17) is 9.47 Å². The molecule has 2 heterocycles. The highest BCUT2D eigenvalue weighted by Gasteiger charge is 2.25. The number of hydrogen-bond donors (Lipinski definition) is 0. The Balaban J connectivity index is 1.73. The van der Waals surface area contributed by atoms with Gasteiger partial charge in [-0.2, -0.15) is 0 Å². The van der Waals surface area contributed by atoms with Crippen molar-refractivity contribution in [1.29, 1.82) is 0 Å². The molecular weight excluding hydrogens is 228 g/mol. The van der Waals surface area contributed by atoms with Crippen molar-refractivity contribution >= 4 is 0 Å². The Hall–Kier alpha value is -0.160. The number of ether oxygens (including phenoxy) is 2. The van der Waals surface area contributed by atoms with Gasteiger partial charge >= 0.3 is 0 Å². The fraction of sp³-hybridized carbons (Fsp3) is 1.00. The topological polar surface area (TPSA) is 24.9 Å². The second-order valence-electron chi connectivity index (χ2n) is 5.42. The minimum absolute atomic E-state index is 0.0252. The number of likely N-dealkylation sites (tertiary alicyclic amines) is 1. The first-order chi connectivity index (χ1) is 8.81. The molecule has 0 N–H and O–H groups in total. The number of hydrogen-bond acceptors (Lipinski definition) is 4. The van der Waals surface area contributed by atoms with E-state index in [9.17, 15) is 0 Å². The molecule has 2 aliphatic heterocycles. The largest absolute Gasteiger partial charge is 0.349 e. The molecule has 4 nitrogen and oxygen atoms in total. The van der Waals surface area contributed by atoms with Crippen LogP contribution in [0.25, 0.3) is 0 Å². The van der Waals surface area contributed by atoms with E-state index in [0.29, 0.717) is 0 Å². The van der Waals surface area contributed by atoms with Gasteiger partial charge in [-0.05, 0) is 38.4 Å². The van der Waals surface area contributed by atoms with Gasteiger partial charge in [0, 0.05) is 19.6 Å². The summed E-state index contributed by atoms with van der Waals surface area (Å²) in [4.78, 5) is 5.06. The highest BCUT2D eigenvalue weighted by Crippen LogP contribution is 2.19. The monoisotopic (exact) mass is 256 g/mol. The Bertz CT molecular complexity index is 218. The Morgan fingerprint density at radius 3 is 2.56 bits per heavy atom. The first-order valence-electron chi connectivity index (χ1n) is 7.49. The molecule has 0 aromatic heterocycles. The molecule has 2 rings (SSSR count). The zero-order valence-electron chi connectivity index (χ0n) is 11.9. The third-order valence-electron chi connectivity index (χ3n) is 4.11. The SMILES string of the molecule is CCN(CC)C[C@H]1CCCN(CC2OCCO2)C1. The summed E-state index contributed by atoms with van der Waals surface area (Å²) in [5.41, 5.74) is 0. The molecule has 0 saturated carbocycles. The van der Waals surface area contributed by atoms with E-state index >= 15 is 0 Å². The summed E-state index contributed by atoms with van der Waals surface area (Å²) in [7, 11) is 0. The van der Waals surface area contributed by atoms with Crippen molar-refractivity contribution < 1.29 is 9.47 Å². The van der Waals surface area contributed by atoms with Crippen molar-refractivity contribution in [3.63, 3.8) is 0 Å². The molecule has 4 heteroatoms. The lowest BCUT2D eigenvalue weighted by Gasteiger charge is -2.35. The Morgan fingerprint density at radius 2 is 1.89 bits per heavy atom. The van der Waals surface area contributed by atoms with Gasteiger partial charge in [-0.15, -0.1) is 0 Å². The Labute approximate surface area is 111 Å². The van der Waals surface area contributed by atoms with Crippen LogP contribution in [0.3, 0.4) is 0 Å². The van der Waals surface area contributed by atoms with Gasteiger partial charge in [0.25, 0.3) is 0 Å². The molecule has 2 fully saturated rings. The maximum Gasteiger partial charge on any atom is 0.170 e. The van der Waals surface area contributed by atoms with Crippen molar-refractivity contribution in [3.8, 4) is 0 Å². The molecule has 1 atom stereocenters. The van der Waals surface area contributed by atoms with E-state index in [-0.39, 0.29) is 6.29 Å². The summed E-state index contributed by atoms with van der Waals surface area (Å²) in [6.07, 6.45) is 2.72. The fourth-order valence-corrected chi connectivity index (χ4v) is 3.04. The molecule has 0 aliphatic carbocycles. The van der Waals surface area contributed by atoms with Crippen molar-refractivity contribution in [2.24, 2.45) is 5.92 Å². The van der Waals surface area contributed by atoms with Gasteiger partial charge in [0.1, 0.15) is 0 Å². The third kappa shape index (κ3) is 4.19. The number of nitrogens with zero attached hydrogens (tertiary/aromatic N) is 2. The van der Waals surface area contributed by atoms with Crippen molar-refractivity contribution in [3.05, 3.63) is 0 Å². The predicted molar refractivity (Wildman–Crippen MR) is 72.6 cm³/mol. The summed E-state index contributed by atoms with van der Waals surface area (Å²) < 4.78 is 11.1. The van der Waals surface area contributed by atoms with Crippen LogP contribution in [0.2, 0.25) is 0 Å². The maximum atomic E-state index is 5.54. The van der Waals surface area contributed by atoms with Gasteiger partial charge in [-0.25, -0.2) is 0 Å².